The molecule has 0 amide bonds. The molecule has 0 bridgehead atoms. The Kier molecular flexibility index (Phi) is 7.55. The Morgan fingerprint density at radius 2 is 1.81 bits per heavy atom. The topological polar surface area (TPSA) is 47.0 Å². The number of piperazine rings is 1. The molecule has 1 aromatic heterocycles. The summed E-state index contributed by atoms with van der Waals surface area (Å²) in [5, 5.41) is 3.48. The van der Waals surface area contributed by atoms with Crippen LogP contribution in [0, 0.1) is 0 Å². The van der Waals surface area contributed by atoms with Crippen LogP contribution in [-0.4, -0.2) is 79.6 Å². The zero-order valence-corrected chi connectivity index (χ0v) is 16.2. The summed E-state index contributed by atoms with van der Waals surface area (Å²) in [7, 11) is 0. The van der Waals surface area contributed by atoms with E-state index in [0.29, 0.717) is 0 Å². The van der Waals surface area contributed by atoms with Gasteiger partial charge in [0.15, 0.2) is 5.96 Å². The monoisotopic (exact) mass is 358 g/mol. The van der Waals surface area contributed by atoms with Gasteiger partial charge in [-0.15, -0.1) is 0 Å². The summed E-state index contributed by atoms with van der Waals surface area (Å²) in [6.07, 6.45) is 7.35. The van der Waals surface area contributed by atoms with E-state index < -0.39 is 0 Å². The van der Waals surface area contributed by atoms with E-state index in [1.165, 1.54) is 38.8 Å². The van der Waals surface area contributed by atoms with Gasteiger partial charge in [0.25, 0.3) is 0 Å². The second-order valence-electron chi connectivity index (χ2n) is 7.15. The van der Waals surface area contributed by atoms with Gasteiger partial charge in [0.1, 0.15) is 5.82 Å². The number of hydrogen-bond acceptors (Lipinski definition) is 4. The van der Waals surface area contributed by atoms with Gasteiger partial charge >= 0.3 is 0 Å². The van der Waals surface area contributed by atoms with Gasteiger partial charge in [-0.1, -0.05) is 18.9 Å². The smallest absolute Gasteiger partial charge is 0.194 e. The third kappa shape index (κ3) is 5.59. The van der Waals surface area contributed by atoms with Crippen molar-refractivity contribution in [2.75, 3.05) is 63.8 Å². The van der Waals surface area contributed by atoms with E-state index in [2.05, 4.69) is 44.1 Å². The second-order valence-corrected chi connectivity index (χ2v) is 7.15. The maximum Gasteiger partial charge on any atom is 0.194 e. The number of nitrogens with zero attached hydrogens (tertiary/aromatic N) is 5. The van der Waals surface area contributed by atoms with E-state index in [-0.39, 0.29) is 0 Å². The average Bonchev–Trinajstić information content (AvgIpc) is 2.97. The highest BCUT2D eigenvalue weighted by molar-refractivity contribution is 5.80. The highest BCUT2D eigenvalue weighted by Crippen LogP contribution is 2.13. The van der Waals surface area contributed by atoms with Crippen LogP contribution in [0.4, 0.5) is 5.82 Å². The molecule has 0 aliphatic carbocycles. The quantitative estimate of drug-likeness (QED) is 0.645. The fourth-order valence-electron chi connectivity index (χ4n) is 3.77. The SMILES string of the molecule is CCNC(=NCCN1CCCCCC1)N1CCN(c2ccccn2)CC1. The number of likely N-dealkylation sites (tertiary alicyclic amines) is 1. The van der Waals surface area contributed by atoms with E-state index in [9.17, 15) is 0 Å². The minimum absolute atomic E-state index is 0.892. The molecule has 144 valence electrons. The average molecular weight is 359 g/mol. The van der Waals surface area contributed by atoms with Gasteiger partial charge in [-0.05, 0) is 45.0 Å². The molecule has 3 heterocycles. The molecule has 6 nitrogen and oxygen atoms in total. The van der Waals surface area contributed by atoms with Crippen LogP contribution in [0.2, 0.25) is 0 Å². The van der Waals surface area contributed by atoms with Gasteiger partial charge in [0, 0.05) is 45.5 Å². The van der Waals surface area contributed by atoms with E-state index >= 15 is 0 Å². The third-order valence-corrected chi connectivity index (χ3v) is 5.26. The first-order valence-electron chi connectivity index (χ1n) is 10.3. The Morgan fingerprint density at radius 1 is 1.04 bits per heavy atom. The number of anilines is 1. The molecule has 26 heavy (non-hydrogen) atoms. The van der Waals surface area contributed by atoms with Gasteiger partial charge in [0.05, 0.1) is 6.54 Å². The molecule has 0 radical (unpaired) electrons. The summed E-state index contributed by atoms with van der Waals surface area (Å²) in [6.45, 7) is 11.5. The molecule has 2 aliphatic rings. The molecular weight excluding hydrogens is 324 g/mol. The summed E-state index contributed by atoms with van der Waals surface area (Å²) in [5.41, 5.74) is 0. The Bertz CT molecular complexity index is 530. The van der Waals surface area contributed by atoms with Gasteiger partial charge in [-0.3, -0.25) is 4.99 Å². The van der Waals surface area contributed by atoms with Crippen LogP contribution in [-0.2, 0) is 0 Å². The summed E-state index contributed by atoms with van der Waals surface area (Å²) in [5.74, 6) is 2.15. The maximum atomic E-state index is 4.92. The summed E-state index contributed by atoms with van der Waals surface area (Å²) >= 11 is 0. The van der Waals surface area contributed by atoms with E-state index in [0.717, 1.165) is 57.6 Å². The molecule has 0 spiro atoms. The van der Waals surface area contributed by atoms with Crippen molar-refractivity contribution >= 4 is 11.8 Å². The molecule has 1 aromatic rings. The molecule has 3 rings (SSSR count). The van der Waals surface area contributed by atoms with Crippen LogP contribution in [0.3, 0.4) is 0 Å². The van der Waals surface area contributed by atoms with Gasteiger partial charge in [0.2, 0.25) is 0 Å². The molecule has 2 aliphatic heterocycles. The minimum atomic E-state index is 0.892. The Balaban J connectivity index is 1.49. The number of guanidine groups is 1. The van der Waals surface area contributed by atoms with Crippen molar-refractivity contribution in [3.63, 3.8) is 0 Å². The standard InChI is InChI=1S/C20H34N6/c1-2-21-20(23-11-14-24-12-7-3-4-8-13-24)26-17-15-25(16-18-26)19-9-5-6-10-22-19/h5-6,9-10H,2-4,7-8,11-18H2,1H3,(H,21,23). The lowest BCUT2D eigenvalue weighted by Gasteiger charge is -2.37. The predicted octanol–water partition coefficient (Wildman–Crippen LogP) is 2.05. The molecule has 0 atom stereocenters. The normalized spacial score (nSPS) is 20.1. The number of hydrogen-bond donors (Lipinski definition) is 1. The highest BCUT2D eigenvalue weighted by Gasteiger charge is 2.20. The van der Waals surface area contributed by atoms with Crippen LogP contribution in [0.25, 0.3) is 0 Å². The second kappa shape index (κ2) is 10.4. The molecule has 2 saturated heterocycles. The van der Waals surface area contributed by atoms with Crippen LogP contribution >= 0.6 is 0 Å². The largest absolute Gasteiger partial charge is 0.357 e. The van der Waals surface area contributed by atoms with E-state index in [4.69, 9.17) is 4.99 Å². The maximum absolute atomic E-state index is 4.92. The van der Waals surface area contributed by atoms with Crippen molar-refractivity contribution in [3.05, 3.63) is 24.4 Å². The molecule has 0 aromatic carbocycles. The van der Waals surface area contributed by atoms with Crippen molar-refractivity contribution in [1.82, 2.24) is 20.1 Å². The number of aliphatic imine (C=N–C) groups is 1. The first-order chi connectivity index (χ1) is 12.9. The Morgan fingerprint density at radius 3 is 2.46 bits per heavy atom. The highest BCUT2D eigenvalue weighted by atomic mass is 15.4. The Hall–Kier alpha value is -1.82. The van der Waals surface area contributed by atoms with Crippen molar-refractivity contribution in [2.24, 2.45) is 4.99 Å². The zero-order valence-electron chi connectivity index (χ0n) is 16.2. The first kappa shape index (κ1) is 19.0. The van der Waals surface area contributed by atoms with Gasteiger partial charge < -0.3 is 20.0 Å². The van der Waals surface area contributed by atoms with Crippen LogP contribution in [0.15, 0.2) is 29.4 Å². The fraction of sp³-hybridized carbons (Fsp3) is 0.700. The van der Waals surface area contributed by atoms with Gasteiger partial charge in [-0.2, -0.15) is 0 Å². The summed E-state index contributed by atoms with van der Waals surface area (Å²) in [6, 6.07) is 6.12. The zero-order chi connectivity index (χ0) is 18.0. The number of nitrogens with one attached hydrogen (secondary N) is 1. The van der Waals surface area contributed by atoms with Gasteiger partial charge in [-0.25, -0.2) is 4.98 Å². The van der Waals surface area contributed by atoms with Crippen molar-refractivity contribution in [1.29, 1.82) is 0 Å². The lowest BCUT2D eigenvalue weighted by Crippen LogP contribution is -2.52. The number of rotatable bonds is 5. The third-order valence-electron chi connectivity index (χ3n) is 5.26. The number of pyridine rings is 1. The molecular formula is C20H34N6. The molecule has 1 N–H and O–H groups in total. The van der Waals surface area contributed by atoms with E-state index in [1.54, 1.807) is 0 Å². The van der Waals surface area contributed by atoms with E-state index in [1.807, 2.05) is 12.3 Å². The lowest BCUT2D eigenvalue weighted by molar-refractivity contribution is 0.292. The molecule has 6 heteroatoms. The lowest BCUT2D eigenvalue weighted by atomic mass is 10.2. The van der Waals surface area contributed by atoms with Crippen molar-refractivity contribution < 1.29 is 0 Å². The van der Waals surface area contributed by atoms with Crippen LogP contribution in [0.1, 0.15) is 32.6 Å². The first-order valence-corrected chi connectivity index (χ1v) is 10.3. The molecule has 2 fully saturated rings. The summed E-state index contributed by atoms with van der Waals surface area (Å²) in [4.78, 5) is 16.7. The van der Waals surface area contributed by atoms with Crippen LogP contribution in [0.5, 0.6) is 0 Å². The molecule has 0 saturated carbocycles. The fourth-order valence-corrected chi connectivity index (χ4v) is 3.77. The Labute approximate surface area is 158 Å². The number of aromatic nitrogens is 1. The van der Waals surface area contributed by atoms with Crippen LogP contribution < -0.4 is 10.2 Å². The van der Waals surface area contributed by atoms with Crippen molar-refractivity contribution in [3.8, 4) is 0 Å². The van der Waals surface area contributed by atoms with Crippen molar-refractivity contribution in [2.45, 2.75) is 32.6 Å². The minimum Gasteiger partial charge on any atom is -0.357 e. The predicted molar refractivity (Wildman–Crippen MR) is 109 cm³/mol. The summed E-state index contributed by atoms with van der Waals surface area (Å²) < 4.78 is 0. The molecule has 0 unspecified atom stereocenters.